The summed E-state index contributed by atoms with van der Waals surface area (Å²) in [5.74, 6) is -0.372. The van der Waals surface area contributed by atoms with Gasteiger partial charge in [0.2, 0.25) is 0 Å². The van der Waals surface area contributed by atoms with E-state index in [-0.39, 0.29) is 61.6 Å². The predicted molar refractivity (Wildman–Crippen MR) is 62.0 cm³/mol. The quantitative estimate of drug-likeness (QED) is 0.282. The van der Waals surface area contributed by atoms with E-state index in [1.54, 1.807) is 24.3 Å². The Hall–Kier alpha value is 0.726. The zero-order chi connectivity index (χ0) is 10.6. The van der Waals surface area contributed by atoms with Crippen LogP contribution in [0.3, 0.4) is 0 Å². The molecular weight excluding hydrogens is 279 g/mol. The van der Waals surface area contributed by atoms with Crippen LogP contribution >= 0.6 is 23.8 Å². The minimum Gasteiger partial charge on any atom is -0.410 e. The molecule has 0 bridgehead atoms. The van der Waals surface area contributed by atoms with Gasteiger partial charge in [-0.25, -0.2) is 0 Å². The first-order valence-corrected chi connectivity index (χ1v) is 4.82. The predicted octanol–water partition coefficient (Wildman–Crippen LogP) is -1.59. The molecule has 0 aromatic heterocycles. The number of carbonyl (C=O) groups is 1. The Morgan fingerprint density at radius 1 is 1.33 bits per heavy atom. The van der Waals surface area contributed by atoms with Crippen LogP contribution in [-0.2, 0) is 12.6 Å². The van der Waals surface area contributed by atoms with Crippen molar-refractivity contribution in [3.8, 4) is 0 Å². The number of rotatable bonds is 1. The molecule has 0 heterocycles. The van der Waals surface area contributed by atoms with E-state index in [1.807, 2.05) is 0 Å². The van der Waals surface area contributed by atoms with E-state index in [4.69, 9.17) is 11.6 Å². The molecular formula is C8H6ClKN2OS2. The van der Waals surface area contributed by atoms with Gasteiger partial charge >= 0.3 is 51.4 Å². The average Bonchev–Trinajstić information content (AvgIpc) is 2.15. The van der Waals surface area contributed by atoms with Crippen molar-refractivity contribution >= 4 is 46.7 Å². The summed E-state index contributed by atoms with van der Waals surface area (Å²) in [6, 6.07) is 6.69. The van der Waals surface area contributed by atoms with Crippen LogP contribution < -0.4 is 62.2 Å². The summed E-state index contributed by atoms with van der Waals surface area (Å²) in [5.41, 5.74) is 5.05. The summed E-state index contributed by atoms with van der Waals surface area (Å²) in [7, 11) is 0. The Morgan fingerprint density at radius 3 is 2.47 bits per heavy atom. The molecule has 0 fully saturated rings. The number of hydrazine groups is 1. The summed E-state index contributed by atoms with van der Waals surface area (Å²) in [5, 5.41) is 0.377. The zero-order valence-electron chi connectivity index (χ0n) is 7.91. The third-order valence-electron chi connectivity index (χ3n) is 1.40. The zero-order valence-corrected chi connectivity index (χ0v) is 13.4. The fraction of sp³-hybridized carbons (Fsp3) is 0. The first-order chi connectivity index (χ1) is 6.61. The fourth-order valence-corrected chi connectivity index (χ4v) is 1.14. The molecule has 1 amide bonds. The van der Waals surface area contributed by atoms with Crippen LogP contribution in [0, 0.1) is 0 Å². The summed E-state index contributed by atoms with van der Waals surface area (Å²) < 4.78 is 0.0744. The number of benzene rings is 1. The molecule has 0 radical (unpaired) electrons. The molecule has 0 aliphatic carbocycles. The van der Waals surface area contributed by atoms with Gasteiger partial charge in [0, 0.05) is 0 Å². The third-order valence-corrected chi connectivity index (χ3v) is 1.93. The Morgan fingerprint density at radius 2 is 1.93 bits per heavy atom. The number of carbonyl (C=O) groups excluding carboxylic acids is 1. The SMILES string of the molecule is O=C(NNC(=S)[S-])c1ccccc1Cl.[K+]. The van der Waals surface area contributed by atoms with Gasteiger partial charge in [0.15, 0.2) is 0 Å². The van der Waals surface area contributed by atoms with Crippen LogP contribution in [0.25, 0.3) is 0 Å². The maximum atomic E-state index is 11.4. The number of amides is 1. The van der Waals surface area contributed by atoms with Gasteiger partial charge < -0.3 is 30.3 Å². The van der Waals surface area contributed by atoms with Crippen LogP contribution in [0.15, 0.2) is 24.3 Å². The molecule has 7 heteroatoms. The minimum absolute atomic E-state index is 0. The van der Waals surface area contributed by atoms with Crippen molar-refractivity contribution in [2.75, 3.05) is 0 Å². The fourth-order valence-electron chi connectivity index (χ4n) is 0.820. The van der Waals surface area contributed by atoms with Gasteiger partial charge in [-0.1, -0.05) is 23.7 Å². The molecule has 0 saturated carbocycles. The second-order valence-corrected chi connectivity index (χ2v) is 3.83. The van der Waals surface area contributed by atoms with Crippen LogP contribution in [0.1, 0.15) is 10.4 Å². The van der Waals surface area contributed by atoms with Crippen LogP contribution in [0.5, 0.6) is 0 Å². The van der Waals surface area contributed by atoms with Crippen molar-refractivity contribution < 1.29 is 56.2 Å². The maximum Gasteiger partial charge on any atom is 1.00 e. The summed E-state index contributed by atoms with van der Waals surface area (Å²) in [6.45, 7) is 0. The molecule has 1 rings (SSSR count). The van der Waals surface area contributed by atoms with Crippen molar-refractivity contribution in [3.63, 3.8) is 0 Å². The first kappa shape index (κ1) is 15.7. The third kappa shape index (κ3) is 5.55. The van der Waals surface area contributed by atoms with Crippen molar-refractivity contribution in [3.05, 3.63) is 34.9 Å². The van der Waals surface area contributed by atoms with Gasteiger partial charge in [-0.15, -0.1) is 0 Å². The van der Waals surface area contributed by atoms with Gasteiger partial charge in [0.25, 0.3) is 5.91 Å². The standard InChI is InChI=1S/C8H7ClN2OS2.K/c9-6-4-2-1-3-5(6)7(12)10-11-8(13)14;/h1-4H,(H,10,12)(H2,11,13,14);/q;+1/p-1. The molecule has 0 spiro atoms. The monoisotopic (exact) mass is 284 g/mol. The molecule has 0 aliphatic heterocycles. The molecule has 15 heavy (non-hydrogen) atoms. The largest absolute Gasteiger partial charge is 1.00 e. The molecule has 3 nitrogen and oxygen atoms in total. The number of hydrogen-bond donors (Lipinski definition) is 2. The normalized spacial score (nSPS) is 8.60. The maximum absolute atomic E-state index is 11.4. The molecule has 1 aromatic carbocycles. The molecule has 0 unspecified atom stereocenters. The summed E-state index contributed by atoms with van der Waals surface area (Å²) in [6.07, 6.45) is 0. The number of thiocarbonyl (C=S) groups is 1. The smallest absolute Gasteiger partial charge is 0.410 e. The van der Waals surface area contributed by atoms with E-state index in [0.29, 0.717) is 10.6 Å². The first-order valence-electron chi connectivity index (χ1n) is 3.63. The Kier molecular flexibility index (Phi) is 8.30. The van der Waals surface area contributed by atoms with Crippen molar-refractivity contribution in [2.24, 2.45) is 0 Å². The van der Waals surface area contributed by atoms with Gasteiger partial charge in [0.1, 0.15) is 0 Å². The van der Waals surface area contributed by atoms with E-state index in [1.165, 1.54) is 0 Å². The topological polar surface area (TPSA) is 41.1 Å². The van der Waals surface area contributed by atoms with Crippen LogP contribution in [0.2, 0.25) is 5.02 Å². The van der Waals surface area contributed by atoms with Gasteiger partial charge in [-0.3, -0.25) is 10.2 Å². The Labute approximate surface area is 146 Å². The van der Waals surface area contributed by atoms with Gasteiger partial charge in [-0.05, 0) is 16.5 Å². The second kappa shape index (κ2) is 7.91. The van der Waals surface area contributed by atoms with Gasteiger partial charge in [0.05, 0.1) is 10.6 Å². The molecule has 0 aliphatic rings. The number of hydrogen-bond acceptors (Lipinski definition) is 3. The summed E-state index contributed by atoms with van der Waals surface area (Å²) in [4.78, 5) is 11.4. The van der Waals surface area contributed by atoms with E-state index < -0.39 is 0 Å². The van der Waals surface area contributed by atoms with Crippen LogP contribution in [-0.4, -0.2) is 10.2 Å². The van der Waals surface area contributed by atoms with E-state index in [2.05, 4.69) is 35.7 Å². The Bertz CT molecular complexity index is 375. The molecule has 0 saturated heterocycles. The minimum atomic E-state index is -0.372. The number of halogens is 1. The van der Waals surface area contributed by atoms with E-state index >= 15 is 0 Å². The van der Waals surface area contributed by atoms with E-state index in [9.17, 15) is 4.79 Å². The van der Waals surface area contributed by atoms with E-state index in [0.717, 1.165) is 0 Å². The molecule has 74 valence electrons. The summed E-state index contributed by atoms with van der Waals surface area (Å²) >= 11 is 14.9. The second-order valence-electron chi connectivity index (χ2n) is 2.35. The average molecular weight is 285 g/mol. The molecule has 2 N–H and O–H groups in total. The number of nitrogens with one attached hydrogen (secondary N) is 2. The molecule has 1 aromatic rings. The Balaban J connectivity index is 0.00000196. The van der Waals surface area contributed by atoms with Crippen molar-refractivity contribution in [2.45, 2.75) is 0 Å². The van der Waals surface area contributed by atoms with Gasteiger partial charge in [-0.2, -0.15) is 0 Å². The molecule has 0 atom stereocenters. The van der Waals surface area contributed by atoms with Crippen molar-refractivity contribution in [1.29, 1.82) is 0 Å². The van der Waals surface area contributed by atoms with Crippen molar-refractivity contribution in [1.82, 2.24) is 10.9 Å². The van der Waals surface area contributed by atoms with Crippen LogP contribution in [0.4, 0.5) is 0 Å².